The molecule has 3 heterocycles. The molecular weight excluding hydrogens is 587 g/mol. The molecule has 2 aliphatic rings. The van der Waals surface area contributed by atoms with E-state index in [-0.39, 0.29) is 29.8 Å². The molecule has 0 bridgehead atoms. The highest BCUT2D eigenvalue weighted by molar-refractivity contribution is 8.00. The highest BCUT2D eigenvalue weighted by atomic mass is 32.2. The van der Waals surface area contributed by atoms with Crippen LogP contribution in [0, 0.1) is 12.8 Å². The Labute approximate surface area is 255 Å². The van der Waals surface area contributed by atoms with Crippen molar-refractivity contribution in [2.24, 2.45) is 5.92 Å². The first kappa shape index (κ1) is 28.6. The Bertz CT molecular complexity index is 1780. The van der Waals surface area contributed by atoms with Crippen LogP contribution in [0.2, 0.25) is 0 Å². The van der Waals surface area contributed by atoms with E-state index in [1.54, 1.807) is 43.3 Å². The average Bonchev–Trinajstić information content (AvgIpc) is 3.44. The lowest BCUT2D eigenvalue weighted by Crippen LogP contribution is -2.33. The molecule has 3 unspecified atom stereocenters. The summed E-state index contributed by atoms with van der Waals surface area (Å²) in [4.78, 5) is 67.7. The zero-order valence-corrected chi connectivity index (χ0v) is 24.9. The molecule has 1 fully saturated rings. The van der Waals surface area contributed by atoms with Gasteiger partial charge in [0.1, 0.15) is 11.8 Å². The van der Waals surface area contributed by atoms with Crippen molar-refractivity contribution in [2.45, 2.75) is 36.6 Å². The number of thioether (sulfide) groups is 1. The van der Waals surface area contributed by atoms with E-state index in [1.165, 1.54) is 21.2 Å². The number of rotatable bonds is 7. The predicted octanol–water partition coefficient (Wildman–Crippen LogP) is 4.83. The van der Waals surface area contributed by atoms with Gasteiger partial charge in [-0.3, -0.25) is 23.7 Å². The number of aryl methyl sites for hydroxylation is 1. The first-order valence-electron chi connectivity index (χ1n) is 13.7. The van der Waals surface area contributed by atoms with Gasteiger partial charge in [0.25, 0.3) is 0 Å². The van der Waals surface area contributed by atoms with Crippen LogP contribution in [0.25, 0.3) is 0 Å². The number of amides is 3. The fraction of sp³-hybridized carbons (Fsp3) is 0.219. The van der Waals surface area contributed by atoms with Gasteiger partial charge in [0.05, 0.1) is 28.8 Å². The molecule has 0 aliphatic carbocycles. The van der Waals surface area contributed by atoms with Gasteiger partial charge in [-0.05, 0) is 55.8 Å². The maximum atomic E-state index is 13.9. The van der Waals surface area contributed by atoms with Crippen molar-refractivity contribution < 1.29 is 23.9 Å². The van der Waals surface area contributed by atoms with Crippen LogP contribution in [0.1, 0.15) is 39.2 Å². The van der Waals surface area contributed by atoms with Gasteiger partial charge in [-0.25, -0.2) is 9.69 Å². The van der Waals surface area contributed by atoms with Crippen LogP contribution in [-0.4, -0.2) is 40.1 Å². The minimum atomic E-state index is -0.759. The summed E-state index contributed by atoms with van der Waals surface area (Å²) in [6.07, 6.45) is 0. The summed E-state index contributed by atoms with van der Waals surface area (Å²) in [5, 5.41) is 2.53. The molecule has 0 spiro atoms. The fourth-order valence-corrected chi connectivity index (χ4v) is 8.24. The second-order valence-electron chi connectivity index (χ2n) is 10.3. The Morgan fingerprint density at radius 2 is 1.60 bits per heavy atom. The third-order valence-corrected chi connectivity index (χ3v) is 10.1. The molecule has 4 aromatic rings. The van der Waals surface area contributed by atoms with Gasteiger partial charge in [0.2, 0.25) is 17.7 Å². The number of fused-ring (bicyclic) bond motifs is 2. The Morgan fingerprint density at radius 3 is 2.28 bits per heavy atom. The van der Waals surface area contributed by atoms with Crippen molar-refractivity contribution in [1.29, 1.82) is 0 Å². The van der Waals surface area contributed by atoms with Crippen LogP contribution >= 0.6 is 23.1 Å². The summed E-state index contributed by atoms with van der Waals surface area (Å²) in [5.74, 6) is -2.77. The van der Waals surface area contributed by atoms with Crippen LogP contribution in [0.3, 0.4) is 0 Å². The van der Waals surface area contributed by atoms with Crippen molar-refractivity contribution in [2.75, 3.05) is 16.8 Å². The third-order valence-electron chi connectivity index (χ3n) is 7.48. The highest BCUT2D eigenvalue weighted by Crippen LogP contribution is 2.53. The lowest BCUT2D eigenvalue weighted by molar-refractivity contribution is -0.122. The van der Waals surface area contributed by atoms with E-state index >= 15 is 0 Å². The number of carbonyl (C=O) groups excluding carboxylic acids is 4. The molecule has 9 nitrogen and oxygen atoms in total. The number of ether oxygens (including phenoxy) is 1. The number of nitrogens with zero attached hydrogens (tertiary/aromatic N) is 2. The summed E-state index contributed by atoms with van der Waals surface area (Å²) in [7, 11) is 0. The van der Waals surface area contributed by atoms with E-state index in [9.17, 15) is 24.0 Å². The van der Waals surface area contributed by atoms with Gasteiger partial charge in [-0.15, -0.1) is 0 Å². The van der Waals surface area contributed by atoms with Crippen LogP contribution < -0.4 is 15.1 Å². The summed E-state index contributed by atoms with van der Waals surface area (Å²) < 4.78 is 6.37. The zero-order chi connectivity index (χ0) is 30.2. The van der Waals surface area contributed by atoms with Gasteiger partial charge in [0.15, 0.2) is 0 Å². The molecule has 0 radical (unpaired) electrons. The van der Waals surface area contributed by atoms with Crippen molar-refractivity contribution in [3.63, 3.8) is 0 Å². The molecular formula is C32H27N3O6S2. The van der Waals surface area contributed by atoms with Crippen LogP contribution in [-0.2, 0) is 25.7 Å². The lowest BCUT2D eigenvalue weighted by atomic mass is 9.83. The van der Waals surface area contributed by atoms with Gasteiger partial charge >= 0.3 is 10.8 Å². The number of aromatic nitrogens is 1. The van der Waals surface area contributed by atoms with Crippen molar-refractivity contribution in [3.05, 3.63) is 110 Å². The van der Waals surface area contributed by atoms with Gasteiger partial charge in [0, 0.05) is 16.5 Å². The summed E-state index contributed by atoms with van der Waals surface area (Å²) in [6, 6.07) is 22.9. The van der Waals surface area contributed by atoms with E-state index < -0.39 is 29.0 Å². The number of hydrogen-bond donors (Lipinski definition) is 1. The zero-order valence-electron chi connectivity index (χ0n) is 23.3. The maximum Gasteiger partial charge on any atom is 0.338 e. The normalized spacial score (nSPS) is 19.1. The molecule has 1 aromatic heterocycles. The Kier molecular flexibility index (Phi) is 7.76. The molecule has 6 rings (SSSR count). The van der Waals surface area contributed by atoms with Crippen molar-refractivity contribution in [3.8, 4) is 0 Å². The fourth-order valence-electron chi connectivity index (χ4n) is 5.47. The van der Waals surface area contributed by atoms with Gasteiger partial charge < -0.3 is 10.1 Å². The first-order valence-corrected chi connectivity index (χ1v) is 15.4. The minimum absolute atomic E-state index is 0.255. The number of carbonyl (C=O) groups is 4. The SMILES string of the molecule is CCOC(=O)c1ccc(NC(=O)Cn2c3c(sc2=O)C(c2ccccc2)C2C(=O)N(c4ccc(C)cc4)C(=O)C2S3)cc1. The number of hydrogen-bond acceptors (Lipinski definition) is 8. The molecule has 11 heteroatoms. The number of imide groups is 1. The first-order chi connectivity index (χ1) is 20.8. The van der Waals surface area contributed by atoms with Gasteiger partial charge in [-0.1, -0.05) is 71.1 Å². The molecule has 43 heavy (non-hydrogen) atoms. The summed E-state index contributed by atoms with van der Waals surface area (Å²) in [6.45, 7) is 3.63. The molecule has 2 aliphatic heterocycles. The highest BCUT2D eigenvalue weighted by Gasteiger charge is 2.56. The topological polar surface area (TPSA) is 115 Å². The number of anilines is 2. The van der Waals surface area contributed by atoms with Gasteiger partial charge in [-0.2, -0.15) is 0 Å². The van der Waals surface area contributed by atoms with Crippen LogP contribution in [0.4, 0.5) is 11.4 Å². The maximum absolute atomic E-state index is 13.9. The Morgan fingerprint density at radius 1 is 0.907 bits per heavy atom. The lowest BCUT2D eigenvalue weighted by Gasteiger charge is -2.30. The van der Waals surface area contributed by atoms with E-state index in [0.717, 1.165) is 22.5 Å². The van der Waals surface area contributed by atoms with E-state index in [2.05, 4.69) is 5.32 Å². The van der Waals surface area contributed by atoms with Crippen LogP contribution in [0.15, 0.2) is 88.7 Å². The second kappa shape index (κ2) is 11.7. The Balaban J connectivity index is 1.32. The average molecular weight is 614 g/mol. The number of nitrogens with one attached hydrogen (secondary N) is 1. The number of benzene rings is 3. The Hall–Kier alpha value is -4.48. The third kappa shape index (κ3) is 5.30. The largest absolute Gasteiger partial charge is 0.462 e. The molecule has 3 amide bonds. The van der Waals surface area contributed by atoms with Crippen molar-refractivity contribution in [1.82, 2.24) is 4.57 Å². The summed E-state index contributed by atoms with van der Waals surface area (Å²) in [5.41, 5.74) is 3.16. The number of thiazole rings is 1. The number of esters is 1. The minimum Gasteiger partial charge on any atom is -0.462 e. The van der Waals surface area contributed by atoms with E-state index in [0.29, 0.717) is 26.8 Å². The van der Waals surface area contributed by atoms with E-state index in [4.69, 9.17) is 4.74 Å². The van der Waals surface area contributed by atoms with Crippen molar-refractivity contribution >= 4 is 58.2 Å². The molecule has 3 atom stereocenters. The summed E-state index contributed by atoms with van der Waals surface area (Å²) >= 11 is 2.18. The molecule has 1 N–H and O–H groups in total. The molecule has 3 aromatic carbocycles. The standard InChI is InChI=1S/C32H27N3O6S2/c1-3-41-31(39)20-11-13-21(14-12-20)33-23(36)17-34-30-27(43-32(34)40)24(19-7-5-4-6-8-19)25-26(42-30)29(38)35(28(25)37)22-15-9-18(2)10-16-22/h4-16,24-26H,3,17H2,1-2H3,(H,33,36). The van der Waals surface area contributed by atoms with E-state index in [1.807, 2.05) is 49.4 Å². The second-order valence-corrected chi connectivity index (χ2v) is 12.4. The monoisotopic (exact) mass is 613 g/mol. The molecule has 218 valence electrons. The van der Waals surface area contributed by atoms with Crippen LogP contribution in [0.5, 0.6) is 0 Å². The predicted molar refractivity (Wildman–Crippen MR) is 165 cm³/mol. The molecule has 1 saturated heterocycles. The smallest absolute Gasteiger partial charge is 0.338 e. The quantitative estimate of drug-likeness (QED) is 0.235. The molecule has 0 saturated carbocycles.